The largest absolute Gasteiger partial charge is 0.322 e. The lowest BCUT2D eigenvalue weighted by Crippen LogP contribution is -2.40. The van der Waals surface area contributed by atoms with Gasteiger partial charge in [-0.05, 0) is 48.7 Å². The Morgan fingerprint density at radius 1 is 0.868 bits per heavy atom. The number of anilines is 2. The number of urea groups is 1. The topological polar surface area (TPSA) is 79.3 Å². The second-order valence-corrected chi connectivity index (χ2v) is 10.6. The van der Waals surface area contributed by atoms with Crippen molar-refractivity contribution in [1.29, 1.82) is 0 Å². The van der Waals surface area contributed by atoms with Crippen LogP contribution in [0, 0.1) is 13.8 Å². The zero-order chi connectivity index (χ0) is 27.3. The van der Waals surface area contributed by atoms with Crippen LogP contribution in [0.15, 0.2) is 84.9 Å². The summed E-state index contributed by atoms with van der Waals surface area (Å²) in [5.41, 5.74) is 5.18. The molecule has 0 aliphatic rings. The smallest absolute Gasteiger partial charge is 0.311 e. The highest BCUT2D eigenvalue weighted by Crippen LogP contribution is 2.27. The summed E-state index contributed by atoms with van der Waals surface area (Å²) >= 11 is 0. The SMILES string of the molecule is Cc1cccc(-n2nc(C(C)(C)C)cc2NC(=O)CN(Cc2ccccc2)C(=O)Nc2ccccc2C)c1. The van der Waals surface area contributed by atoms with Crippen LogP contribution >= 0.6 is 0 Å². The Hall–Kier alpha value is -4.39. The first kappa shape index (κ1) is 26.7. The maximum absolute atomic E-state index is 13.4. The van der Waals surface area contributed by atoms with E-state index in [0.29, 0.717) is 11.5 Å². The fourth-order valence-corrected chi connectivity index (χ4v) is 4.06. The van der Waals surface area contributed by atoms with Crippen molar-refractivity contribution < 1.29 is 9.59 Å². The minimum atomic E-state index is -0.346. The van der Waals surface area contributed by atoms with Crippen LogP contribution in [0.5, 0.6) is 0 Å². The van der Waals surface area contributed by atoms with Crippen LogP contribution in [-0.2, 0) is 16.8 Å². The fraction of sp³-hybridized carbons (Fsp3) is 0.258. The second-order valence-electron chi connectivity index (χ2n) is 10.6. The number of rotatable bonds is 7. The van der Waals surface area contributed by atoms with Crippen molar-refractivity contribution in [2.24, 2.45) is 0 Å². The zero-order valence-electron chi connectivity index (χ0n) is 22.7. The van der Waals surface area contributed by atoms with Gasteiger partial charge >= 0.3 is 6.03 Å². The number of hydrogen-bond donors (Lipinski definition) is 2. The van der Waals surface area contributed by atoms with E-state index in [1.165, 1.54) is 4.90 Å². The summed E-state index contributed by atoms with van der Waals surface area (Å²) in [6.45, 7) is 10.4. The lowest BCUT2D eigenvalue weighted by molar-refractivity contribution is -0.116. The molecule has 7 heteroatoms. The van der Waals surface area contributed by atoms with Crippen molar-refractivity contribution in [3.8, 4) is 5.69 Å². The van der Waals surface area contributed by atoms with Crippen LogP contribution in [0.1, 0.15) is 43.2 Å². The van der Waals surface area contributed by atoms with E-state index in [1.807, 2.05) is 98.8 Å². The molecule has 38 heavy (non-hydrogen) atoms. The van der Waals surface area contributed by atoms with Gasteiger partial charge in [0.05, 0.1) is 11.4 Å². The van der Waals surface area contributed by atoms with Gasteiger partial charge in [0.25, 0.3) is 0 Å². The standard InChI is InChI=1S/C31H35N5O2/c1-22-12-11-16-25(18-22)36-28(19-27(34-36)31(3,4)5)33-29(37)21-35(20-24-14-7-6-8-15-24)30(38)32-26-17-10-9-13-23(26)2/h6-19H,20-21H2,1-5H3,(H,32,38)(H,33,37). The first-order chi connectivity index (χ1) is 18.1. The molecule has 1 heterocycles. The van der Waals surface area contributed by atoms with Gasteiger partial charge in [0.1, 0.15) is 12.4 Å². The third kappa shape index (κ3) is 6.68. The average Bonchev–Trinajstić information content (AvgIpc) is 3.30. The quantitative estimate of drug-likeness (QED) is 0.300. The predicted molar refractivity (Wildman–Crippen MR) is 153 cm³/mol. The van der Waals surface area contributed by atoms with Crippen LogP contribution in [0.2, 0.25) is 0 Å². The first-order valence-corrected chi connectivity index (χ1v) is 12.7. The number of carbonyl (C=O) groups is 2. The average molecular weight is 510 g/mol. The fourth-order valence-electron chi connectivity index (χ4n) is 4.06. The molecule has 4 rings (SSSR count). The van der Waals surface area contributed by atoms with Gasteiger partial charge in [-0.15, -0.1) is 0 Å². The molecule has 3 amide bonds. The number of nitrogens with one attached hydrogen (secondary N) is 2. The molecule has 0 unspecified atom stereocenters. The number of aryl methyl sites for hydroxylation is 2. The summed E-state index contributed by atoms with van der Waals surface area (Å²) in [5.74, 6) is 0.250. The Morgan fingerprint density at radius 2 is 1.58 bits per heavy atom. The molecule has 2 N–H and O–H groups in total. The van der Waals surface area contributed by atoms with Crippen molar-refractivity contribution >= 4 is 23.4 Å². The number of carbonyl (C=O) groups excluding carboxylic acids is 2. The number of para-hydroxylation sites is 1. The molecule has 0 spiro atoms. The lowest BCUT2D eigenvalue weighted by Gasteiger charge is -2.23. The summed E-state index contributed by atoms with van der Waals surface area (Å²) in [6, 6.07) is 26.7. The first-order valence-electron chi connectivity index (χ1n) is 12.7. The van der Waals surface area contributed by atoms with E-state index >= 15 is 0 Å². The van der Waals surface area contributed by atoms with E-state index in [0.717, 1.165) is 28.1 Å². The molecule has 0 saturated carbocycles. The van der Waals surface area contributed by atoms with E-state index in [1.54, 1.807) is 4.68 Å². The van der Waals surface area contributed by atoms with Gasteiger partial charge in [-0.25, -0.2) is 9.48 Å². The second kappa shape index (κ2) is 11.3. The van der Waals surface area contributed by atoms with E-state index in [4.69, 9.17) is 5.10 Å². The van der Waals surface area contributed by atoms with E-state index in [2.05, 4.69) is 31.4 Å². The molecule has 0 saturated heterocycles. The van der Waals surface area contributed by atoms with Gasteiger partial charge in [0.15, 0.2) is 0 Å². The van der Waals surface area contributed by atoms with Gasteiger partial charge in [0, 0.05) is 23.7 Å². The molecule has 0 bridgehead atoms. The highest BCUT2D eigenvalue weighted by Gasteiger charge is 2.23. The Balaban J connectivity index is 1.59. The van der Waals surface area contributed by atoms with Gasteiger partial charge in [-0.3, -0.25) is 4.79 Å². The highest BCUT2D eigenvalue weighted by molar-refractivity contribution is 5.97. The number of benzene rings is 3. The van der Waals surface area contributed by atoms with E-state index < -0.39 is 0 Å². The highest BCUT2D eigenvalue weighted by atomic mass is 16.2. The van der Waals surface area contributed by atoms with Crippen molar-refractivity contribution in [3.63, 3.8) is 0 Å². The van der Waals surface area contributed by atoms with Crippen molar-refractivity contribution in [3.05, 3.63) is 107 Å². The predicted octanol–water partition coefficient (Wildman–Crippen LogP) is 6.46. The number of amides is 3. The monoisotopic (exact) mass is 509 g/mol. The molecule has 196 valence electrons. The van der Waals surface area contributed by atoms with Crippen LogP contribution in [0.25, 0.3) is 5.69 Å². The van der Waals surface area contributed by atoms with Gasteiger partial charge in [0.2, 0.25) is 5.91 Å². The van der Waals surface area contributed by atoms with E-state index in [-0.39, 0.29) is 30.4 Å². The van der Waals surface area contributed by atoms with Crippen molar-refractivity contribution in [2.45, 2.75) is 46.6 Å². The molecule has 0 radical (unpaired) electrons. The summed E-state index contributed by atoms with van der Waals surface area (Å²) in [4.78, 5) is 28.2. The molecule has 0 aliphatic carbocycles. The third-order valence-corrected chi connectivity index (χ3v) is 6.22. The minimum Gasteiger partial charge on any atom is -0.311 e. The summed E-state index contributed by atoms with van der Waals surface area (Å²) in [6.07, 6.45) is 0. The molecule has 0 fully saturated rings. The Labute approximate surface area is 224 Å². The van der Waals surface area contributed by atoms with Crippen LogP contribution in [0.3, 0.4) is 0 Å². The molecular formula is C31H35N5O2. The van der Waals surface area contributed by atoms with Gasteiger partial charge in [-0.1, -0.05) is 81.4 Å². The van der Waals surface area contributed by atoms with Crippen LogP contribution < -0.4 is 10.6 Å². The Kier molecular flexibility index (Phi) is 7.96. The maximum atomic E-state index is 13.4. The number of hydrogen-bond acceptors (Lipinski definition) is 3. The molecule has 0 atom stereocenters. The van der Waals surface area contributed by atoms with Gasteiger partial charge < -0.3 is 15.5 Å². The van der Waals surface area contributed by atoms with Crippen LogP contribution in [-0.4, -0.2) is 33.2 Å². The molecular weight excluding hydrogens is 474 g/mol. The lowest BCUT2D eigenvalue weighted by atomic mass is 9.92. The molecule has 7 nitrogen and oxygen atoms in total. The Bertz CT molecular complexity index is 1420. The minimum absolute atomic E-state index is 0.129. The van der Waals surface area contributed by atoms with Crippen LogP contribution in [0.4, 0.5) is 16.3 Å². The normalized spacial score (nSPS) is 11.2. The third-order valence-electron chi connectivity index (χ3n) is 6.22. The molecule has 1 aromatic heterocycles. The summed E-state index contributed by atoms with van der Waals surface area (Å²) in [5, 5.41) is 10.8. The zero-order valence-corrected chi connectivity index (χ0v) is 22.7. The number of aromatic nitrogens is 2. The molecule has 4 aromatic rings. The summed E-state index contributed by atoms with van der Waals surface area (Å²) < 4.78 is 1.75. The summed E-state index contributed by atoms with van der Waals surface area (Å²) in [7, 11) is 0. The van der Waals surface area contributed by atoms with Gasteiger partial charge in [-0.2, -0.15) is 5.10 Å². The van der Waals surface area contributed by atoms with Crippen molar-refractivity contribution in [2.75, 3.05) is 17.2 Å². The van der Waals surface area contributed by atoms with E-state index in [9.17, 15) is 9.59 Å². The maximum Gasteiger partial charge on any atom is 0.322 e. The molecule has 3 aromatic carbocycles. The Morgan fingerprint density at radius 3 is 2.26 bits per heavy atom. The molecule has 0 aliphatic heterocycles. The number of nitrogens with zero attached hydrogens (tertiary/aromatic N) is 3. The van der Waals surface area contributed by atoms with Crippen molar-refractivity contribution in [1.82, 2.24) is 14.7 Å².